The van der Waals surface area contributed by atoms with E-state index in [1.165, 1.54) is 6.07 Å². The van der Waals surface area contributed by atoms with Crippen molar-refractivity contribution in [1.82, 2.24) is 0 Å². The van der Waals surface area contributed by atoms with E-state index in [0.29, 0.717) is 5.69 Å². The van der Waals surface area contributed by atoms with Gasteiger partial charge in [-0.25, -0.2) is 0 Å². The number of alkyl halides is 3. The van der Waals surface area contributed by atoms with E-state index in [1.54, 1.807) is 6.07 Å². The van der Waals surface area contributed by atoms with E-state index in [1.807, 2.05) is 6.92 Å². The fourth-order valence-corrected chi connectivity index (χ4v) is 3.68. The van der Waals surface area contributed by atoms with Gasteiger partial charge in [0.05, 0.1) is 22.5 Å². The van der Waals surface area contributed by atoms with Gasteiger partial charge in [0.15, 0.2) is 0 Å². The molecular weight excluding hydrogens is 265 g/mol. The van der Waals surface area contributed by atoms with Crippen molar-refractivity contribution in [3.8, 4) is 0 Å². The van der Waals surface area contributed by atoms with Crippen LogP contribution in [-0.2, 0) is 6.18 Å². The van der Waals surface area contributed by atoms with E-state index >= 15 is 0 Å². The molecule has 1 fully saturated rings. The molecule has 3 rings (SSSR count). The largest absolute Gasteiger partial charge is 0.416 e. The number of halogens is 3. The van der Waals surface area contributed by atoms with Crippen LogP contribution in [0.1, 0.15) is 38.2 Å². The number of likely N-dealkylation sites (N-methyl/N-ethyl adjacent to an activating group) is 1. The summed E-state index contributed by atoms with van der Waals surface area (Å²) in [4.78, 5) is 2.18. The third-order valence-corrected chi connectivity index (χ3v) is 4.65. The summed E-state index contributed by atoms with van der Waals surface area (Å²) in [5, 5.41) is 3.33. The number of hydrogen-bond acceptors (Lipinski definition) is 2. The predicted molar refractivity (Wildman–Crippen MR) is 74.2 cm³/mol. The van der Waals surface area contributed by atoms with Gasteiger partial charge in [0.2, 0.25) is 0 Å². The fourth-order valence-electron chi connectivity index (χ4n) is 3.68. The van der Waals surface area contributed by atoms with Crippen molar-refractivity contribution in [2.45, 2.75) is 44.3 Å². The van der Waals surface area contributed by atoms with Gasteiger partial charge in [-0.3, -0.25) is 0 Å². The van der Waals surface area contributed by atoms with Gasteiger partial charge in [-0.05, 0) is 38.0 Å². The molecule has 5 heteroatoms. The second kappa shape index (κ2) is 4.57. The van der Waals surface area contributed by atoms with Crippen molar-refractivity contribution in [3.05, 3.63) is 23.8 Å². The van der Waals surface area contributed by atoms with Gasteiger partial charge in [-0.2, -0.15) is 13.2 Å². The number of nitrogens with zero attached hydrogens (tertiary/aromatic N) is 1. The summed E-state index contributed by atoms with van der Waals surface area (Å²) < 4.78 is 38.8. The zero-order valence-corrected chi connectivity index (χ0v) is 11.6. The van der Waals surface area contributed by atoms with Crippen LogP contribution in [0.4, 0.5) is 24.5 Å². The quantitative estimate of drug-likeness (QED) is 0.828. The highest BCUT2D eigenvalue weighted by Crippen LogP contribution is 2.45. The van der Waals surface area contributed by atoms with Crippen molar-refractivity contribution in [2.24, 2.45) is 0 Å². The van der Waals surface area contributed by atoms with Crippen molar-refractivity contribution in [2.75, 3.05) is 23.3 Å². The van der Waals surface area contributed by atoms with Gasteiger partial charge in [-0.1, -0.05) is 12.8 Å². The lowest BCUT2D eigenvalue weighted by atomic mass is 9.90. The number of hydrogen-bond donors (Lipinski definition) is 1. The first kappa shape index (κ1) is 13.6. The third-order valence-electron chi connectivity index (χ3n) is 4.65. The highest BCUT2D eigenvalue weighted by molar-refractivity contribution is 5.75. The number of anilines is 2. The second-order valence-electron chi connectivity index (χ2n) is 5.76. The lowest BCUT2D eigenvalue weighted by Crippen LogP contribution is -2.54. The SMILES string of the molecule is CCN1c2cc(C(F)(F)F)ccc2NCC12CCCC2. The molecule has 1 aliphatic carbocycles. The average molecular weight is 284 g/mol. The molecule has 0 bridgehead atoms. The molecule has 0 unspecified atom stereocenters. The number of fused-ring (bicyclic) bond motifs is 1. The smallest absolute Gasteiger partial charge is 0.381 e. The van der Waals surface area contributed by atoms with Crippen LogP contribution >= 0.6 is 0 Å². The van der Waals surface area contributed by atoms with E-state index in [9.17, 15) is 13.2 Å². The Hall–Kier alpha value is -1.39. The molecule has 1 N–H and O–H groups in total. The van der Waals surface area contributed by atoms with E-state index in [-0.39, 0.29) is 5.54 Å². The van der Waals surface area contributed by atoms with E-state index < -0.39 is 11.7 Å². The third kappa shape index (κ3) is 2.03. The molecule has 0 saturated heterocycles. The predicted octanol–water partition coefficient (Wildman–Crippen LogP) is 4.27. The maximum absolute atomic E-state index is 12.9. The van der Waals surface area contributed by atoms with Crippen LogP contribution in [0.5, 0.6) is 0 Å². The fraction of sp³-hybridized carbons (Fsp3) is 0.600. The molecule has 0 atom stereocenters. The van der Waals surface area contributed by atoms with Crippen LogP contribution < -0.4 is 10.2 Å². The molecule has 1 aromatic rings. The lowest BCUT2D eigenvalue weighted by molar-refractivity contribution is -0.137. The molecule has 1 heterocycles. The summed E-state index contributed by atoms with van der Waals surface area (Å²) in [6.45, 7) is 3.60. The summed E-state index contributed by atoms with van der Waals surface area (Å²) >= 11 is 0. The number of benzene rings is 1. The summed E-state index contributed by atoms with van der Waals surface area (Å²) in [6.07, 6.45) is 0.154. The summed E-state index contributed by atoms with van der Waals surface area (Å²) in [7, 11) is 0. The Labute approximate surface area is 117 Å². The van der Waals surface area contributed by atoms with E-state index in [2.05, 4.69) is 10.2 Å². The van der Waals surface area contributed by atoms with Gasteiger partial charge in [0.1, 0.15) is 0 Å². The molecule has 1 saturated carbocycles. The van der Waals surface area contributed by atoms with Crippen LogP contribution in [0.25, 0.3) is 0 Å². The molecule has 0 amide bonds. The Balaban J connectivity index is 2.05. The highest BCUT2D eigenvalue weighted by Gasteiger charge is 2.43. The molecule has 0 aromatic heterocycles. The Kier molecular flexibility index (Phi) is 3.10. The van der Waals surface area contributed by atoms with Crippen LogP contribution in [0.2, 0.25) is 0 Å². The highest BCUT2D eigenvalue weighted by atomic mass is 19.4. The normalized spacial score (nSPS) is 20.9. The first-order valence-corrected chi connectivity index (χ1v) is 7.19. The Morgan fingerprint density at radius 3 is 2.55 bits per heavy atom. The standard InChI is InChI=1S/C15H19F3N2/c1-2-20-13-9-11(15(16,17)18)5-6-12(13)19-10-14(20)7-3-4-8-14/h5-6,9,19H,2-4,7-8,10H2,1H3. The summed E-state index contributed by atoms with van der Waals surface area (Å²) in [5.74, 6) is 0. The Morgan fingerprint density at radius 1 is 1.25 bits per heavy atom. The van der Waals surface area contributed by atoms with Crippen molar-refractivity contribution < 1.29 is 13.2 Å². The second-order valence-corrected chi connectivity index (χ2v) is 5.76. The van der Waals surface area contributed by atoms with E-state index in [0.717, 1.165) is 50.5 Å². The van der Waals surface area contributed by atoms with E-state index in [4.69, 9.17) is 0 Å². The first-order chi connectivity index (χ1) is 9.46. The molecule has 1 aromatic carbocycles. The molecule has 2 aliphatic rings. The van der Waals surface area contributed by atoms with Gasteiger partial charge >= 0.3 is 6.18 Å². The van der Waals surface area contributed by atoms with Crippen LogP contribution in [0.15, 0.2) is 18.2 Å². The van der Waals surface area contributed by atoms with Gasteiger partial charge < -0.3 is 10.2 Å². The molecule has 1 spiro atoms. The molecule has 0 radical (unpaired) electrons. The number of rotatable bonds is 1. The van der Waals surface area contributed by atoms with Gasteiger partial charge in [-0.15, -0.1) is 0 Å². The molecule has 110 valence electrons. The topological polar surface area (TPSA) is 15.3 Å². The van der Waals surface area contributed by atoms with Crippen molar-refractivity contribution >= 4 is 11.4 Å². The maximum Gasteiger partial charge on any atom is 0.416 e. The van der Waals surface area contributed by atoms with Gasteiger partial charge in [0.25, 0.3) is 0 Å². The van der Waals surface area contributed by atoms with Crippen LogP contribution in [0.3, 0.4) is 0 Å². The minimum absolute atomic E-state index is 0.00592. The molecule has 2 nitrogen and oxygen atoms in total. The lowest BCUT2D eigenvalue weighted by Gasteiger charge is -2.47. The average Bonchev–Trinajstić information content (AvgIpc) is 2.86. The Morgan fingerprint density at radius 2 is 1.95 bits per heavy atom. The molecule has 20 heavy (non-hydrogen) atoms. The minimum Gasteiger partial charge on any atom is -0.381 e. The summed E-state index contributed by atoms with van der Waals surface area (Å²) in [6, 6.07) is 4.01. The number of nitrogens with one attached hydrogen (secondary N) is 1. The summed E-state index contributed by atoms with van der Waals surface area (Å²) in [5.41, 5.74) is 0.964. The maximum atomic E-state index is 12.9. The molecular formula is C15H19F3N2. The van der Waals surface area contributed by atoms with Crippen LogP contribution in [-0.4, -0.2) is 18.6 Å². The van der Waals surface area contributed by atoms with Crippen molar-refractivity contribution in [1.29, 1.82) is 0 Å². The molecule has 1 aliphatic heterocycles. The zero-order valence-electron chi connectivity index (χ0n) is 11.6. The first-order valence-electron chi connectivity index (χ1n) is 7.19. The Bertz CT molecular complexity index is 504. The zero-order chi connectivity index (χ0) is 14.4. The minimum atomic E-state index is -4.28. The van der Waals surface area contributed by atoms with Gasteiger partial charge in [0, 0.05) is 13.1 Å². The monoisotopic (exact) mass is 284 g/mol. The van der Waals surface area contributed by atoms with Crippen LogP contribution in [0, 0.1) is 0 Å². The van der Waals surface area contributed by atoms with Crippen molar-refractivity contribution in [3.63, 3.8) is 0 Å².